The van der Waals surface area contributed by atoms with Crippen molar-refractivity contribution in [1.29, 1.82) is 0 Å². The van der Waals surface area contributed by atoms with Crippen molar-refractivity contribution in [2.45, 2.75) is 72.1 Å². The van der Waals surface area contributed by atoms with Crippen LogP contribution in [0.4, 0.5) is 0 Å². The predicted octanol–water partition coefficient (Wildman–Crippen LogP) is 7.42. The molecule has 3 aromatic heterocycles. The molecule has 3 heterocycles. The van der Waals surface area contributed by atoms with Crippen LogP contribution in [0.25, 0.3) is 33.3 Å². The van der Waals surface area contributed by atoms with Crippen LogP contribution in [0.5, 0.6) is 0 Å². The molecule has 0 aliphatic heterocycles. The largest absolute Gasteiger partial charge is 0.437 e. The summed E-state index contributed by atoms with van der Waals surface area (Å²) >= 11 is 0. The Bertz CT molecular complexity index is 1430. The molecule has 0 saturated heterocycles. The first kappa shape index (κ1) is 17.8. The SMILES string of the molecule is [2H]C1(c2ccc3c(n2)oc2c(-c4cc(C([2H])([2H])C(C)(C)C)cc[n+]4C)c(C)ccc23)CCCCC1. The molecule has 1 fully saturated rings. The lowest BCUT2D eigenvalue weighted by Crippen LogP contribution is -2.31. The van der Waals surface area contributed by atoms with E-state index in [1.807, 2.05) is 56.8 Å². The van der Waals surface area contributed by atoms with E-state index in [0.29, 0.717) is 11.3 Å². The van der Waals surface area contributed by atoms with Gasteiger partial charge in [-0.1, -0.05) is 52.2 Å². The van der Waals surface area contributed by atoms with E-state index in [2.05, 4.69) is 25.1 Å². The first-order valence-corrected chi connectivity index (χ1v) is 11.8. The Labute approximate surface area is 195 Å². The smallest absolute Gasteiger partial charge is 0.227 e. The molecule has 0 unspecified atom stereocenters. The zero-order valence-electron chi connectivity index (χ0n) is 22.9. The number of hydrogen-bond donors (Lipinski definition) is 0. The molecular formula is C29H35N2O+. The summed E-state index contributed by atoms with van der Waals surface area (Å²) in [5.41, 5.74) is 5.16. The third kappa shape index (κ3) is 3.94. The molecule has 0 amide bonds. The molecule has 3 nitrogen and oxygen atoms in total. The van der Waals surface area contributed by atoms with E-state index in [1.165, 1.54) is 6.42 Å². The van der Waals surface area contributed by atoms with Gasteiger partial charge < -0.3 is 4.42 Å². The van der Waals surface area contributed by atoms with E-state index in [9.17, 15) is 0 Å². The van der Waals surface area contributed by atoms with Gasteiger partial charge in [-0.2, -0.15) is 0 Å². The van der Waals surface area contributed by atoms with Crippen molar-refractivity contribution in [3.05, 3.63) is 59.4 Å². The quantitative estimate of drug-likeness (QED) is 0.317. The highest BCUT2D eigenvalue weighted by Gasteiger charge is 2.24. The Morgan fingerprint density at radius 2 is 1.84 bits per heavy atom. The lowest BCUT2D eigenvalue weighted by molar-refractivity contribution is -0.660. The van der Waals surface area contributed by atoms with Crippen LogP contribution in [-0.2, 0) is 13.4 Å². The van der Waals surface area contributed by atoms with Gasteiger partial charge in [0.25, 0.3) is 0 Å². The Kier molecular flexibility index (Phi) is 4.47. The first-order valence-electron chi connectivity index (χ1n) is 13.3. The van der Waals surface area contributed by atoms with Crippen molar-refractivity contribution >= 4 is 22.1 Å². The Morgan fingerprint density at radius 1 is 1.09 bits per heavy atom. The molecule has 4 aromatic rings. The van der Waals surface area contributed by atoms with E-state index in [0.717, 1.165) is 64.6 Å². The third-order valence-corrected chi connectivity index (χ3v) is 6.46. The van der Waals surface area contributed by atoms with Crippen LogP contribution in [0, 0.1) is 12.3 Å². The summed E-state index contributed by atoms with van der Waals surface area (Å²) in [6.07, 6.45) is 5.45. The maximum absolute atomic E-state index is 9.00. The zero-order chi connectivity index (χ0) is 25.2. The van der Waals surface area contributed by atoms with Crippen LogP contribution in [0.2, 0.25) is 0 Å². The molecule has 32 heavy (non-hydrogen) atoms. The number of aromatic nitrogens is 2. The fourth-order valence-electron chi connectivity index (χ4n) is 4.90. The molecule has 5 rings (SSSR count). The zero-order valence-corrected chi connectivity index (χ0v) is 19.9. The van der Waals surface area contributed by atoms with Crippen molar-refractivity contribution in [3.8, 4) is 11.3 Å². The fourth-order valence-corrected chi connectivity index (χ4v) is 4.90. The first-order chi connectivity index (χ1) is 16.4. The summed E-state index contributed by atoms with van der Waals surface area (Å²) in [5, 5.41) is 1.94. The summed E-state index contributed by atoms with van der Waals surface area (Å²) in [7, 11) is 1.98. The molecule has 0 spiro atoms. The molecule has 0 atom stereocenters. The number of nitrogens with zero attached hydrogens (tertiary/aromatic N) is 2. The molecule has 1 aliphatic rings. The normalized spacial score (nSPS) is 18.5. The molecule has 0 radical (unpaired) electrons. The van der Waals surface area contributed by atoms with Crippen LogP contribution in [-0.4, -0.2) is 4.98 Å². The third-order valence-electron chi connectivity index (χ3n) is 6.46. The maximum Gasteiger partial charge on any atom is 0.227 e. The monoisotopic (exact) mass is 430 g/mol. The number of pyridine rings is 2. The van der Waals surface area contributed by atoms with Gasteiger partial charge in [-0.05, 0) is 54.8 Å². The summed E-state index contributed by atoms with van der Waals surface area (Å²) in [4.78, 5) is 4.86. The van der Waals surface area contributed by atoms with Gasteiger partial charge in [0, 0.05) is 38.6 Å². The number of aryl methyl sites for hydroxylation is 2. The highest BCUT2D eigenvalue weighted by Crippen LogP contribution is 2.38. The van der Waals surface area contributed by atoms with Crippen LogP contribution in [0.15, 0.2) is 47.0 Å². The van der Waals surface area contributed by atoms with Gasteiger partial charge in [0.15, 0.2) is 11.8 Å². The molecule has 1 saturated carbocycles. The second-order valence-electron chi connectivity index (χ2n) is 10.2. The van der Waals surface area contributed by atoms with E-state index in [4.69, 9.17) is 13.5 Å². The highest BCUT2D eigenvalue weighted by atomic mass is 16.3. The number of rotatable bonds is 3. The number of furan rings is 1. The summed E-state index contributed by atoms with van der Waals surface area (Å²) in [6, 6.07) is 12.1. The molecular weight excluding hydrogens is 392 g/mol. The van der Waals surface area contributed by atoms with Crippen molar-refractivity contribution in [2.24, 2.45) is 12.5 Å². The lowest BCUT2D eigenvalue weighted by Gasteiger charge is -2.20. The van der Waals surface area contributed by atoms with E-state index >= 15 is 0 Å². The lowest BCUT2D eigenvalue weighted by atomic mass is 9.86. The number of hydrogen-bond acceptors (Lipinski definition) is 2. The topological polar surface area (TPSA) is 29.9 Å². The van der Waals surface area contributed by atoms with Crippen LogP contribution >= 0.6 is 0 Å². The van der Waals surface area contributed by atoms with Gasteiger partial charge in [0.2, 0.25) is 11.4 Å². The number of fused-ring (bicyclic) bond motifs is 3. The van der Waals surface area contributed by atoms with Crippen LogP contribution in [0.1, 0.15) is 79.7 Å². The molecule has 0 bridgehead atoms. The minimum atomic E-state index is -1.50. The van der Waals surface area contributed by atoms with Gasteiger partial charge >= 0.3 is 0 Å². The predicted molar refractivity (Wildman–Crippen MR) is 132 cm³/mol. The van der Waals surface area contributed by atoms with Crippen molar-refractivity contribution in [3.63, 3.8) is 0 Å². The van der Waals surface area contributed by atoms with E-state index in [-0.39, 0.29) is 0 Å². The second kappa shape index (κ2) is 8.03. The molecule has 0 N–H and O–H groups in total. The summed E-state index contributed by atoms with van der Waals surface area (Å²) < 4.78 is 35.1. The van der Waals surface area contributed by atoms with Crippen molar-refractivity contribution in [1.82, 2.24) is 4.98 Å². The van der Waals surface area contributed by atoms with Crippen molar-refractivity contribution in [2.75, 3.05) is 0 Å². The standard InChI is InChI=1S/C29H35N2O/c1-19-11-12-22-23-13-14-24(21-9-7-6-8-10-21)30-28(23)32-27(22)26(19)25-17-20(15-16-31(25)5)18-29(2,3)4/h11-17,21H,6-10,18H2,1-5H3/q+1/i18D2,21D. The second-order valence-corrected chi connectivity index (χ2v) is 10.2. The van der Waals surface area contributed by atoms with E-state index < -0.39 is 17.7 Å². The molecule has 1 aliphatic carbocycles. The Balaban J connectivity index is 1.71. The molecule has 1 aromatic carbocycles. The average Bonchev–Trinajstić information content (AvgIpc) is 3.17. The Hall–Kier alpha value is -2.68. The molecule has 166 valence electrons. The molecule has 3 heteroatoms. The minimum Gasteiger partial charge on any atom is -0.437 e. The van der Waals surface area contributed by atoms with Gasteiger partial charge in [0.05, 0.1) is 5.56 Å². The van der Waals surface area contributed by atoms with Crippen LogP contribution in [0.3, 0.4) is 0 Å². The van der Waals surface area contributed by atoms with E-state index in [1.54, 1.807) is 0 Å². The highest BCUT2D eigenvalue weighted by molar-refractivity contribution is 6.08. The van der Waals surface area contributed by atoms with Gasteiger partial charge in [0.1, 0.15) is 7.05 Å². The maximum atomic E-state index is 9.00. The average molecular weight is 431 g/mol. The number of benzene rings is 1. The Morgan fingerprint density at radius 3 is 2.59 bits per heavy atom. The van der Waals surface area contributed by atoms with Gasteiger partial charge in [-0.3, -0.25) is 0 Å². The van der Waals surface area contributed by atoms with Crippen molar-refractivity contribution < 1.29 is 13.1 Å². The summed E-state index contributed by atoms with van der Waals surface area (Å²) in [6.45, 7) is 7.85. The van der Waals surface area contributed by atoms with Gasteiger partial charge in [-0.25, -0.2) is 9.55 Å². The van der Waals surface area contributed by atoms with Crippen LogP contribution < -0.4 is 4.57 Å². The van der Waals surface area contributed by atoms with Gasteiger partial charge in [-0.15, -0.1) is 0 Å². The minimum absolute atomic E-state index is 0.545. The summed E-state index contributed by atoms with van der Waals surface area (Å²) in [5.74, 6) is -0.635. The fraction of sp³-hybridized carbons (Fsp3) is 0.448.